The van der Waals surface area contributed by atoms with Gasteiger partial charge in [0.05, 0.1) is 23.1 Å². The molecule has 148 valence electrons. The summed E-state index contributed by atoms with van der Waals surface area (Å²) in [5, 5.41) is 1.28. The first kappa shape index (κ1) is 18.7. The molecule has 1 N–H and O–H groups in total. The molecule has 2 amide bonds. The minimum atomic E-state index is -0.372. The number of ether oxygens (including phenoxy) is 1. The van der Waals surface area contributed by atoms with Gasteiger partial charge in [0.1, 0.15) is 6.10 Å². The molecular weight excluding hydrogens is 356 g/mol. The van der Waals surface area contributed by atoms with Gasteiger partial charge in [-0.2, -0.15) is 0 Å². The number of allylic oxidation sites excluding steroid dienone is 2. The van der Waals surface area contributed by atoms with Crippen molar-refractivity contribution >= 4 is 23.5 Å². The Balaban J connectivity index is 1.50. The first-order chi connectivity index (χ1) is 13.6. The number of amides is 2. The molecule has 0 unspecified atom stereocenters. The summed E-state index contributed by atoms with van der Waals surface area (Å²) in [6, 6.07) is 6.74. The van der Waals surface area contributed by atoms with Gasteiger partial charge in [0, 0.05) is 0 Å². The van der Waals surface area contributed by atoms with Gasteiger partial charge in [0.25, 0.3) is 0 Å². The van der Waals surface area contributed by atoms with Crippen LogP contribution in [0.1, 0.15) is 61.7 Å². The predicted molar refractivity (Wildman–Crippen MR) is 104 cm³/mol. The number of anilines is 1. The van der Waals surface area contributed by atoms with E-state index in [9.17, 15) is 14.4 Å². The number of esters is 1. The fraction of sp³-hybridized carbons (Fsp3) is 0.500. The molecule has 0 radical (unpaired) electrons. The lowest BCUT2D eigenvalue weighted by Gasteiger charge is -2.38. The van der Waals surface area contributed by atoms with Gasteiger partial charge in [-0.05, 0) is 56.7 Å². The molecule has 3 aliphatic rings. The minimum Gasteiger partial charge on any atom is -0.459 e. The summed E-state index contributed by atoms with van der Waals surface area (Å²) in [7, 11) is 0. The van der Waals surface area contributed by atoms with E-state index >= 15 is 0 Å². The minimum absolute atomic E-state index is 0.0373. The summed E-state index contributed by atoms with van der Waals surface area (Å²) < 4.78 is 5.69. The van der Waals surface area contributed by atoms with Gasteiger partial charge in [-0.25, -0.2) is 9.80 Å². The van der Waals surface area contributed by atoms with Crippen molar-refractivity contribution in [3.05, 3.63) is 42.0 Å². The molecule has 1 saturated heterocycles. The average molecular weight is 382 g/mol. The normalized spacial score (nSPS) is 25.6. The highest BCUT2D eigenvalue weighted by atomic mass is 16.5. The van der Waals surface area contributed by atoms with Gasteiger partial charge in [-0.15, -0.1) is 0 Å². The second kappa shape index (κ2) is 8.17. The molecule has 0 aromatic heterocycles. The zero-order chi connectivity index (χ0) is 19.5. The lowest BCUT2D eigenvalue weighted by molar-refractivity contribution is -0.139. The average Bonchev–Trinajstić information content (AvgIpc) is 2.99. The number of rotatable bonds is 3. The van der Waals surface area contributed by atoms with Crippen LogP contribution in [0.4, 0.5) is 5.69 Å². The van der Waals surface area contributed by atoms with E-state index in [0.717, 1.165) is 25.7 Å². The monoisotopic (exact) mass is 382 g/mol. The van der Waals surface area contributed by atoms with Crippen LogP contribution in [0.2, 0.25) is 0 Å². The maximum absolute atomic E-state index is 12.9. The van der Waals surface area contributed by atoms with Crippen molar-refractivity contribution in [2.24, 2.45) is 11.8 Å². The van der Waals surface area contributed by atoms with E-state index in [1.807, 2.05) is 12.2 Å². The van der Waals surface area contributed by atoms with Gasteiger partial charge in [-0.1, -0.05) is 31.1 Å². The molecule has 2 atom stereocenters. The molecule has 6 heteroatoms. The van der Waals surface area contributed by atoms with E-state index in [1.165, 1.54) is 17.9 Å². The van der Waals surface area contributed by atoms with Crippen LogP contribution in [0.5, 0.6) is 0 Å². The van der Waals surface area contributed by atoms with Gasteiger partial charge in [0.15, 0.2) is 0 Å². The maximum atomic E-state index is 12.9. The zero-order valence-electron chi connectivity index (χ0n) is 15.9. The molecule has 28 heavy (non-hydrogen) atoms. The Morgan fingerprint density at radius 3 is 2.46 bits per heavy atom. The fourth-order valence-corrected chi connectivity index (χ4v) is 4.33. The highest BCUT2D eigenvalue weighted by Gasteiger charge is 2.42. The number of benzene rings is 1. The Bertz CT molecular complexity index is 795. The Morgan fingerprint density at radius 1 is 1.00 bits per heavy atom. The number of carbonyl (C=O) groups excluding carboxylic acids is 3. The van der Waals surface area contributed by atoms with E-state index in [1.54, 1.807) is 24.3 Å². The fourth-order valence-electron chi connectivity index (χ4n) is 4.33. The second-order valence-corrected chi connectivity index (χ2v) is 7.87. The summed E-state index contributed by atoms with van der Waals surface area (Å²) in [4.78, 5) is 38.0. The van der Waals surface area contributed by atoms with Crippen molar-refractivity contribution in [1.29, 1.82) is 0 Å². The Hall–Kier alpha value is -2.63. The first-order valence-electron chi connectivity index (χ1n) is 10.2. The maximum Gasteiger partial charge on any atom is 0.338 e. The summed E-state index contributed by atoms with van der Waals surface area (Å²) in [6.07, 6.45) is 11.4. The van der Waals surface area contributed by atoms with Gasteiger partial charge < -0.3 is 4.74 Å². The first-order valence-corrected chi connectivity index (χ1v) is 10.2. The Morgan fingerprint density at radius 2 is 1.71 bits per heavy atom. The molecule has 1 aromatic rings. The lowest BCUT2D eigenvalue weighted by atomic mass is 9.80. The molecule has 2 fully saturated rings. The third-order valence-electron chi connectivity index (χ3n) is 5.94. The lowest BCUT2D eigenvalue weighted by Crippen LogP contribution is -2.59. The van der Waals surface area contributed by atoms with Crippen molar-refractivity contribution < 1.29 is 19.1 Å². The molecule has 6 nitrogen and oxygen atoms in total. The quantitative estimate of drug-likeness (QED) is 0.493. The number of nitrogens with one attached hydrogen (secondary N) is 1. The van der Waals surface area contributed by atoms with E-state index in [2.05, 4.69) is 5.43 Å². The molecule has 1 saturated carbocycles. The third kappa shape index (κ3) is 3.81. The summed E-state index contributed by atoms with van der Waals surface area (Å²) in [5.41, 5.74) is 3.58. The molecule has 0 spiro atoms. The molecule has 1 aliphatic heterocycles. The van der Waals surface area contributed by atoms with Crippen LogP contribution in [-0.4, -0.2) is 23.9 Å². The predicted octanol–water partition coefficient (Wildman–Crippen LogP) is 3.53. The number of carbonyl (C=O) groups is 3. The Kier molecular flexibility index (Phi) is 5.46. The van der Waals surface area contributed by atoms with E-state index < -0.39 is 0 Å². The summed E-state index contributed by atoms with van der Waals surface area (Å²) >= 11 is 0. The van der Waals surface area contributed by atoms with E-state index in [-0.39, 0.29) is 35.7 Å². The molecule has 0 bridgehead atoms. The van der Waals surface area contributed by atoms with Crippen LogP contribution in [0.25, 0.3) is 0 Å². The van der Waals surface area contributed by atoms with Crippen molar-refractivity contribution in [3.8, 4) is 0 Å². The van der Waals surface area contributed by atoms with E-state index in [0.29, 0.717) is 24.1 Å². The second-order valence-electron chi connectivity index (χ2n) is 7.87. The smallest absolute Gasteiger partial charge is 0.338 e. The van der Waals surface area contributed by atoms with E-state index in [4.69, 9.17) is 4.74 Å². The molecule has 4 rings (SSSR count). The third-order valence-corrected chi connectivity index (χ3v) is 5.94. The van der Waals surface area contributed by atoms with Crippen molar-refractivity contribution in [1.82, 2.24) is 5.43 Å². The summed E-state index contributed by atoms with van der Waals surface area (Å²) in [5.74, 6) is -1.32. The largest absolute Gasteiger partial charge is 0.459 e. The zero-order valence-corrected chi connectivity index (χ0v) is 15.9. The number of hydrogen-bond acceptors (Lipinski definition) is 4. The topological polar surface area (TPSA) is 75.7 Å². The molecule has 1 aromatic carbocycles. The van der Waals surface area contributed by atoms with Gasteiger partial charge in [-0.3, -0.25) is 15.0 Å². The van der Waals surface area contributed by atoms with Crippen LogP contribution >= 0.6 is 0 Å². The van der Waals surface area contributed by atoms with Gasteiger partial charge in [0.2, 0.25) is 11.8 Å². The van der Waals surface area contributed by atoms with Crippen LogP contribution in [0.15, 0.2) is 36.4 Å². The highest BCUT2D eigenvalue weighted by Crippen LogP contribution is 2.32. The Labute approximate surface area is 164 Å². The number of hydrogen-bond donors (Lipinski definition) is 1. The highest BCUT2D eigenvalue weighted by molar-refractivity contribution is 6.04. The number of fused-ring (bicyclic) bond motifs is 1. The standard InChI is InChI=1S/C22H26N2O4/c25-20-18-12-5-6-13-19(18)21(26)24(23-20)16-9-7-8-15(14-16)22(27)28-17-10-3-1-2-4-11-17/h5-9,14,17-19H,1-4,10-13H2,(H,23,25)/t18-,19-/m0/s1. The number of nitrogens with zero attached hydrogens (tertiary/aromatic N) is 1. The van der Waals surface area contributed by atoms with Crippen LogP contribution in [0.3, 0.4) is 0 Å². The molecular formula is C22H26N2O4. The van der Waals surface area contributed by atoms with Crippen LogP contribution in [0, 0.1) is 11.8 Å². The van der Waals surface area contributed by atoms with Crippen molar-refractivity contribution in [3.63, 3.8) is 0 Å². The SMILES string of the molecule is O=C(OC1CCCCCC1)c1cccc(N2NC(=O)[C@H]3CC=CC[C@@H]3C2=O)c1. The summed E-state index contributed by atoms with van der Waals surface area (Å²) in [6.45, 7) is 0. The molecule has 2 aliphatic carbocycles. The molecule has 1 heterocycles. The van der Waals surface area contributed by atoms with Crippen LogP contribution < -0.4 is 10.4 Å². The van der Waals surface area contributed by atoms with Gasteiger partial charge >= 0.3 is 5.97 Å². The number of hydrazine groups is 1. The van der Waals surface area contributed by atoms with Crippen LogP contribution in [-0.2, 0) is 14.3 Å². The van der Waals surface area contributed by atoms with Crippen molar-refractivity contribution in [2.75, 3.05) is 5.01 Å². The van der Waals surface area contributed by atoms with Crippen molar-refractivity contribution in [2.45, 2.75) is 57.5 Å².